The maximum atomic E-state index is 11.1. The van der Waals surface area contributed by atoms with Gasteiger partial charge in [0, 0.05) is 12.0 Å². The Morgan fingerprint density at radius 3 is 2.69 bits per heavy atom. The maximum absolute atomic E-state index is 11.1. The van der Waals surface area contributed by atoms with Gasteiger partial charge < -0.3 is 0 Å². The summed E-state index contributed by atoms with van der Waals surface area (Å²) in [5, 5.41) is 0. The van der Waals surface area contributed by atoms with Gasteiger partial charge in [-0.25, -0.2) is 4.79 Å². The number of benzene rings is 1. The van der Waals surface area contributed by atoms with E-state index >= 15 is 0 Å². The Bertz CT molecular complexity index is 333. The van der Waals surface area contributed by atoms with E-state index < -0.39 is 0 Å². The van der Waals surface area contributed by atoms with Crippen LogP contribution in [0.4, 0.5) is 0 Å². The van der Waals surface area contributed by atoms with Crippen LogP contribution in [-0.4, -0.2) is 12.5 Å². The number of carbonyl (C=O) groups is 1. The predicted octanol–water partition coefficient (Wildman–Crippen LogP) is 1.43. The van der Waals surface area contributed by atoms with Crippen molar-refractivity contribution in [2.75, 3.05) is 6.54 Å². The molecule has 2 rings (SSSR count). The Morgan fingerprint density at radius 1 is 1.31 bits per heavy atom. The van der Waals surface area contributed by atoms with Crippen LogP contribution in [0.1, 0.15) is 18.1 Å². The van der Waals surface area contributed by atoms with Crippen molar-refractivity contribution in [1.29, 1.82) is 0 Å². The van der Waals surface area contributed by atoms with Crippen molar-refractivity contribution in [2.24, 2.45) is 0 Å². The number of fused-ring (bicyclic) bond motifs is 1. The molecular weight excluding hydrogens is 162 g/mol. The average molecular weight is 175 g/mol. The lowest BCUT2D eigenvalue weighted by molar-refractivity contribution is -0.124. The first-order chi connectivity index (χ1) is 6.27. The largest absolute Gasteiger partial charge is 0.358 e. The standard InChI is InChI=1S/C11H13NO/c1-9(13)12-7-6-10-4-2-3-5-11(10)8-12/h2-5H,6-8H2,1H3/q+1. The molecule has 2 heteroatoms. The molecule has 1 aromatic carbocycles. The van der Waals surface area contributed by atoms with E-state index in [1.165, 1.54) is 11.1 Å². The van der Waals surface area contributed by atoms with Crippen LogP contribution in [-0.2, 0) is 17.8 Å². The van der Waals surface area contributed by atoms with E-state index in [9.17, 15) is 4.79 Å². The van der Waals surface area contributed by atoms with E-state index in [0.717, 1.165) is 19.5 Å². The summed E-state index contributed by atoms with van der Waals surface area (Å²) in [7, 11) is 0. The molecule has 0 aromatic heterocycles. The van der Waals surface area contributed by atoms with Crippen LogP contribution in [0.3, 0.4) is 0 Å². The van der Waals surface area contributed by atoms with Crippen molar-refractivity contribution in [3.05, 3.63) is 35.4 Å². The lowest BCUT2D eigenvalue weighted by atomic mass is 10.00. The van der Waals surface area contributed by atoms with Gasteiger partial charge in [-0.15, -0.1) is 0 Å². The van der Waals surface area contributed by atoms with Crippen molar-refractivity contribution in [1.82, 2.24) is 4.90 Å². The van der Waals surface area contributed by atoms with E-state index in [0.29, 0.717) is 0 Å². The monoisotopic (exact) mass is 175 g/mol. The SMILES string of the molecule is CC(=O)[N+]1CCc2ccccc2C1. The normalized spacial score (nSPS) is 16.7. The molecule has 0 fully saturated rings. The fourth-order valence-electron chi connectivity index (χ4n) is 1.76. The van der Waals surface area contributed by atoms with Crippen molar-refractivity contribution < 1.29 is 4.79 Å². The molecule has 67 valence electrons. The lowest BCUT2D eigenvalue weighted by Gasteiger charge is -2.16. The summed E-state index contributed by atoms with van der Waals surface area (Å²) in [6.45, 7) is 3.28. The van der Waals surface area contributed by atoms with Crippen molar-refractivity contribution >= 4 is 5.91 Å². The van der Waals surface area contributed by atoms with Crippen LogP contribution >= 0.6 is 0 Å². The van der Waals surface area contributed by atoms with Gasteiger partial charge in [0.15, 0.2) is 6.54 Å². The second-order valence-corrected chi connectivity index (χ2v) is 3.46. The molecule has 1 radical (unpaired) electrons. The summed E-state index contributed by atoms with van der Waals surface area (Å²) in [4.78, 5) is 13.0. The van der Waals surface area contributed by atoms with E-state index in [1.54, 1.807) is 6.92 Å². The summed E-state index contributed by atoms with van der Waals surface area (Å²) in [6.07, 6.45) is 0.996. The number of hydrogen-bond acceptors (Lipinski definition) is 1. The molecule has 0 atom stereocenters. The van der Waals surface area contributed by atoms with E-state index in [2.05, 4.69) is 18.2 Å². The zero-order chi connectivity index (χ0) is 9.26. The number of nitrogens with zero attached hydrogens (tertiary/aromatic N) is 1. The van der Waals surface area contributed by atoms with Crippen LogP contribution in [0.2, 0.25) is 0 Å². The van der Waals surface area contributed by atoms with Crippen LogP contribution in [0, 0.1) is 0 Å². The smallest absolute Gasteiger partial charge is 0.226 e. The van der Waals surface area contributed by atoms with Crippen LogP contribution in [0.25, 0.3) is 0 Å². The van der Waals surface area contributed by atoms with Gasteiger partial charge >= 0.3 is 5.91 Å². The molecule has 0 N–H and O–H groups in total. The Balaban J connectivity index is 2.24. The molecule has 1 aliphatic rings. The summed E-state index contributed by atoms with van der Waals surface area (Å²) in [5.74, 6) is 0.175. The van der Waals surface area contributed by atoms with E-state index in [1.807, 2.05) is 11.0 Å². The highest BCUT2D eigenvalue weighted by Crippen LogP contribution is 2.16. The van der Waals surface area contributed by atoms with E-state index in [4.69, 9.17) is 0 Å². The Labute approximate surface area is 78.2 Å². The number of carbonyl (C=O) groups excluding carboxylic acids is 1. The molecule has 1 amide bonds. The van der Waals surface area contributed by atoms with Gasteiger partial charge in [0.1, 0.15) is 6.54 Å². The summed E-state index contributed by atoms with van der Waals surface area (Å²) >= 11 is 0. The summed E-state index contributed by atoms with van der Waals surface area (Å²) in [6, 6.07) is 8.34. The topological polar surface area (TPSA) is 23.0 Å². The van der Waals surface area contributed by atoms with Crippen molar-refractivity contribution in [3.63, 3.8) is 0 Å². The lowest BCUT2D eigenvalue weighted by Crippen LogP contribution is -2.39. The van der Waals surface area contributed by atoms with Crippen LogP contribution in [0.15, 0.2) is 24.3 Å². The Morgan fingerprint density at radius 2 is 2.00 bits per heavy atom. The minimum atomic E-state index is 0.175. The molecule has 0 saturated heterocycles. The van der Waals surface area contributed by atoms with Crippen molar-refractivity contribution in [2.45, 2.75) is 19.9 Å². The zero-order valence-electron chi connectivity index (χ0n) is 7.79. The molecule has 0 aliphatic carbocycles. The summed E-state index contributed by atoms with van der Waals surface area (Å²) < 4.78 is 0. The fourth-order valence-corrected chi connectivity index (χ4v) is 1.76. The number of rotatable bonds is 0. The van der Waals surface area contributed by atoms with Gasteiger partial charge in [-0.05, 0) is 5.56 Å². The molecule has 1 aromatic rings. The molecule has 13 heavy (non-hydrogen) atoms. The fraction of sp³-hybridized carbons (Fsp3) is 0.364. The number of amides is 1. The minimum absolute atomic E-state index is 0.175. The second kappa shape index (κ2) is 3.30. The average Bonchev–Trinajstić information content (AvgIpc) is 2.17. The second-order valence-electron chi connectivity index (χ2n) is 3.46. The Hall–Kier alpha value is -1.15. The molecule has 0 spiro atoms. The third kappa shape index (κ3) is 1.63. The quantitative estimate of drug-likeness (QED) is 0.547. The molecular formula is C11H13NO+. The van der Waals surface area contributed by atoms with Gasteiger partial charge in [-0.1, -0.05) is 29.2 Å². The van der Waals surface area contributed by atoms with Crippen molar-refractivity contribution in [3.8, 4) is 0 Å². The first-order valence-corrected chi connectivity index (χ1v) is 4.59. The third-order valence-electron chi connectivity index (χ3n) is 2.58. The maximum Gasteiger partial charge on any atom is 0.358 e. The van der Waals surface area contributed by atoms with E-state index in [-0.39, 0.29) is 5.91 Å². The van der Waals surface area contributed by atoms with Crippen LogP contribution < -0.4 is 4.90 Å². The van der Waals surface area contributed by atoms with Gasteiger partial charge in [0.25, 0.3) is 0 Å². The molecule has 2 nitrogen and oxygen atoms in total. The highest BCUT2D eigenvalue weighted by Gasteiger charge is 2.27. The highest BCUT2D eigenvalue weighted by molar-refractivity contribution is 5.76. The molecule has 0 bridgehead atoms. The predicted molar refractivity (Wildman–Crippen MR) is 51.5 cm³/mol. The third-order valence-corrected chi connectivity index (χ3v) is 2.58. The first kappa shape index (κ1) is 8.45. The molecule has 0 unspecified atom stereocenters. The summed E-state index contributed by atoms with van der Waals surface area (Å²) in [5.41, 5.74) is 2.68. The highest BCUT2D eigenvalue weighted by atomic mass is 16.2. The van der Waals surface area contributed by atoms with Crippen LogP contribution in [0.5, 0.6) is 0 Å². The van der Waals surface area contributed by atoms with Gasteiger partial charge in [-0.2, -0.15) is 0 Å². The van der Waals surface area contributed by atoms with Gasteiger partial charge in [-0.3, -0.25) is 0 Å². The number of hydrogen-bond donors (Lipinski definition) is 0. The minimum Gasteiger partial charge on any atom is -0.226 e. The first-order valence-electron chi connectivity index (χ1n) is 4.59. The van der Waals surface area contributed by atoms with Gasteiger partial charge in [0.05, 0.1) is 6.92 Å². The molecule has 0 saturated carbocycles. The zero-order valence-corrected chi connectivity index (χ0v) is 7.79. The van der Waals surface area contributed by atoms with Gasteiger partial charge in [0.2, 0.25) is 0 Å². The Kier molecular flexibility index (Phi) is 2.15. The molecule has 1 aliphatic heterocycles. The molecule has 1 heterocycles.